The minimum atomic E-state index is -1.02. The maximum atomic E-state index is 13.8. The van der Waals surface area contributed by atoms with Crippen molar-refractivity contribution in [1.29, 1.82) is 0 Å². The quantitative estimate of drug-likeness (QED) is 0.538. The van der Waals surface area contributed by atoms with Gasteiger partial charge in [-0.3, -0.25) is 9.69 Å². The van der Waals surface area contributed by atoms with Crippen molar-refractivity contribution >= 4 is 33.8 Å². The van der Waals surface area contributed by atoms with Crippen LogP contribution in [-0.4, -0.2) is 76.6 Å². The normalized spacial score (nSPS) is 21.1. The number of carboxylic acids is 1. The first-order valence-electron chi connectivity index (χ1n) is 10.6. The summed E-state index contributed by atoms with van der Waals surface area (Å²) in [5.74, 6) is -1.74. The van der Waals surface area contributed by atoms with Crippen molar-refractivity contribution in [3.05, 3.63) is 63.8 Å². The monoisotopic (exact) mass is 535 g/mol. The van der Waals surface area contributed by atoms with Gasteiger partial charge in [-0.15, -0.1) is 0 Å². The highest BCUT2D eigenvalue weighted by Gasteiger charge is 2.37. The Balaban J connectivity index is 1.83. The molecule has 12 heteroatoms. The maximum absolute atomic E-state index is 13.8. The molecule has 1 aromatic carbocycles. The molecule has 10 nitrogen and oxygen atoms in total. The SMILES string of the molecule is CCOC(=O)C1=C(CN2CCOCC2C(=O)O)NC(n2cccn2)=NC1c1ccc(F)cc1Br. The van der Waals surface area contributed by atoms with Crippen LogP contribution in [0.4, 0.5) is 4.39 Å². The molecule has 1 saturated heterocycles. The maximum Gasteiger partial charge on any atom is 0.338 e. The minimum Gasteiger partial charge on any atom is -0.480 e. The van der Waals surface area contributed by atoms with Gasteiger partial charge in [-0.2, -0.15) is 5.10 Å². The number of hydrogen-bond donors (Lipinski definition) is 2. The van der Waals surface area contributed by atoms with Crippen molar-refractivity contribution in [3.63, 3.8) is 0 Å². The Morgan fingerprint density at radius 2 is 2.24 bits per heavy atom. The van der Waals surface area contributed by atoms with Crippen LogP contribution in [0, 0.1) is 5.82 Å². The average Bonchev–Trinajstić information content (AvgIpc) is 3.34. The molecule has 0 spiro atoms. The number of aromatic nitrogens is 2. The largest absolute Gasteiger partial charge is 0.480 e. The third-order valence-corrected chi connectivity index (χ3v) is 6.16. The van der Waals surface area contributed by atoms with Crippen LogP contribution in [0.5, 0.6) is 0 Å². The van der Waals surface area contributed by atoms with Crippen LogP contribution in [0.25, 0.3) is 0 Å². The molecular formula is C22H23BrFN5O5. The molecule has 2 aliphatic heterocycles. The Hall–Kier alpha value is -3.09. The van der Waals surface area contributed by atoms with Gasteiger partial charge in [0.15, 0.2) is 0 Å². The molecule has 1 aromatic heterocycles. The fraction of sp³-hybridized carbons (Fsp3) is 0.364. The molecule has 2 N–H and O–H groups in total. The molecule has 4 rings (SSSR count). The summed E-state index contributed by atoms with van der Waals surface area (Å²) in [7, 11) is 0. The number of nitrogens with zero attached hydrogens (tertiary/aromatic N) is 4. The van der Waals surface area contributed by atoms with Gasteiger partial charge in [-0.1, -0.05) is 22.0 Å². The van der Waals surface area contributed by atoms with E-state index < -0.39 is 29.8 Å². The molecule has 2 unspecified atom stereocenters. The van der Waals surface area contributed by atoms with Gasteiger partial charge in [-0.25, -0.2) is 18.9 Å². The van der Waals surface area contributed by atoms with Crippen molar-refractivity contribution in [1.82, 2.24) is 20.0 Å². The van der Waals surface area contributed by atoms with Crippen LogP contribution < -0.4 is 5.32 Å². The lowest BCUT2D eigenvalue weighted by molar-refractivity contribution is -0.149. The lowest BCUT2D eigenvalue weighted by Crippen LogP contribution is -2.52. The number of carbonyl (C=O) groups is 2. The summed E-state index contributed by atoms with van der Waals surface area (Å²) < 4.78 is 26.4. The number of benzene rings is 1. The van der Waals surface area contributed by atoms with Crippen LogP contribution in [0.1, 0.15) is 18.5 Å². The second-order valence-electron chi connectivity index (χ2n) is 7.61. The van der Waals surface area contributed by atoms with Gasteiger partial charge in [-0.05, 0) is 30.7 Å². The predicted molar refractivity (Wildman–Crippen MR) is 123 cm³/mol. The summed E-state index contributed by atoms with van der Waals surface area (Å²) in [5, 5.41) is 17.0. The summed E-state index contributed by atoms with van der Waals surface area (Å²) in [4.78, 5) is 31.4. The first kappa shape index (κ1) is 24.0. The number of carboxylic acid groups (broad SMARTS) is 1. The number of aliphatic carboxylic acids is 1. The standard InChI is InChI=1S/C22H23BrFN5O5/c1-2-34-21(32)18-16(11-28-8-9-33-12-17(28)20(30)31)26-22(29-7-3-6-25-29)27-19(18)14-5-4-13(24)10-15(14)23/h3-7,10,17,19H,2,8-9,11-12H2,1H3,(H,26,27)(H,30,31). The second-order valence-corrected chi connectivity index (χ2v) is 8.46. The smallest absolute Gasteiger partial charge is 0.338 e. The molecule has 34 heavy (non-hydrogen) atoms. The molecule has 2 atom stereocenters. The van der Waals surface area contributed by atoms with E-state index in [1.807, 2.05) is 0 Å². The number of hydrogen-bond acceptors (Lipinski definition) is 8. The number of aliphatic imine (C=N–C) groups is 1. The third kappa shape index (κ3) is 5.03. The van der Waals surface area contributed by atoms with E-state index in [1.54, 1.807) is 36.4 Å². The van der Waals surface area contributed by atoms with Crippen molar-refractivity contribution in [2.24, 2.45) is 4.99 Å². The number of carbonyl (C=O) groups excluding carboxylic acids is 1. The lowest BCUT2D eigenvalue weighted by atomic mass is 9.95. The average molecular weight is 536 g/mol. The number of nitrogens with one attached hydrogen (secondary N) is 1. The van der Waals surface area contributed by atoms with Crippen molar-refractivity contribution in [2.45, 2.75) is 19.0 Å². The van der Waals surface area contributed by atoms with E-state index in [0.29, 0.717) is 34.8 Å². The van der Waals surface area contributed by atoms with E-state index >= 15 is 0 Å². The van der Waals surface area contributed by atoms with Gasteiger partial charge in [0.2, 0.25) is 5.96 Å². The van der Waals surface area contributed by atoms with Gasteiger partial charge in [0.1, 0.15) is 17.9 Å². The molecule has 180 valence electrons. The van der Waals surface area contributed by atoms with Crippen molar-refractivity contribution in [3.8, 4) is 0 Å². The van der Waals surface area contributed by atoms with E-state index in [-0.39, 0.29) is 25.3 Å². The minimum absolute atomic E-state index is 0.0321. The van der Waals surface area contributed by atoms with Gasteiger partial charge in [0.05, 0.1) is 25.4 Å². The fourth-order valence-corrected chi connectivity index (χ4v) is 4.44. The molecule has 2 aromatic rings. The Morgan fingerprint density at radius 3 is 2.91 bits per heavy atom. The van der Waals surface area contributed by atoms with Crippen molar-refractivity contribution in [2.75, 3.05) is 32.9 Å². The van der Waals surface area contributed by atoms with E-state index in [9.17, 15) is 19.1 Å². The van der Waals surface area contributed by atoms with Gasteiger partial charge >= 0.3 is 11.9 Å². The summed E-state index contributed by atoms with van der Waals surface area (Å²) in [6.45, 7) is 2.68. The number of rotatable bonds is 6. The van der Waals surface area contributed by atoms with Crippen molar-refractivity contribution < 1.29 is 28.6 Å². The van der Waals surface area contributed by atoms with Crippen LogP contribution in [-0.2, 0) is 19.1 Å². The predicted octanol–water partition coefficient (Wildman–Crippen LogP) is 1.94. The summed E-state index contributed by atoms with van der Waals surface area (Å²) in [5.41, 5.74) is 1.18. The fourth-order valence-electron chi connectivity index (χ4n) is 3.87. The van der Waals surface area contributed by atoms with E-state index in [4.69, 9.17) is 14.5 Å². The highest BCUT2D eigenvalue weighted by molar-refractivity contribution is 9.10. The Bertz CT molecular complexity index is 1140. The Labute approximate surface area is 203 Å². The molecule has 0 bridgehead atoms. The van der Waals surface area contributed by atoms with Crippen LogP contribution in [0.15, 0.2) is 57.4 Å². The Kier molecular flexibility index (Phi) is 7.39. The second kappa shape index (κ2) is 10.5. The number of halogens is 2. The highest BCUT2D eigenvalue weighted by atomic mass is 79.9. The third-order valence-electron chi connectivity index (χ3n) is 5.47. The summed E-state index contributed by atoms with van der Waals surface area (Å²) >= 11 is 3.38. The van der Waals surface area contributed by atoms with E-state index in [1.165, 1.54) is 16.8 Å². The van der Waals surface area contributed by atoms with Crippen LogP contribution in [0.2, 0.25) is 0 Å². The van der Waals surface area contributed by atoms with E-state index in [2.05, 4.69) is 26.3 Å². The lowest BCUT2D eigenvalue weighted by Gasteiger charge is -2.35. The zero-order valence-electron chi connectivity index (χ0n) is 18.3. The van der Waals surface area contributed by atoms with Crippen LogP contribution in [0.3, 0.4) is 0 Å². The summed E-state index contributed by atoms with van der Waals surface area (Å²) in [6.07, 6.45) is 3.27. The van der Waals surface area contributed by atoms with Crippen LogP contribution >= 0.6 is 15.9 Å². The molecular weight excluding hydrogens is 513 g/mol. The molecule has 3 heterocycles. The van der Waals surface area contributed by atoms with E-state index in [0.717, 1.165) is 0 Å². The Morgan fingerprint density at radius 1 is 1.41 bits per heavy atom. The first-order chi connectivity index (χ1) is 16.4. The van der Waals surface area contributed by atoms with Gasteiger partial charge in [0, 0.05) is 35.7 Å². The topological polar surface area (TPSA) is 118 Å². The zero-order valence-corrected chi connectivity index (χ0v) is 19.9. The molecule has 0 amide bonds. The first-order valence-corrected chi connectivity index (χ1v) is 11.4. The molecule has 0 radical (unpaired) electrons. The molecule has 1 fully saturated rings. The number of ether oxygens (including phenoxy) is 2. The number of morpholine rings is 1. The van der Waals surface area contributed by atoms with Gasteiger partial charge < -0.3 is 19.9 Å². The zero-order chi connectivity index (χ0) is 24.2. The molecule has 2 aliphatic rings. The number of esters is 1. The summed E-state index contributed by atoms with van der Waals surface area (Å²) in [6, 6.07) is 4.12. The highest BCUT2D eigenvalue weighted by Crippen LogP contribution is 2.36. The van der Waals surface area contributed by atoms with Gasteiger partial charge in [0.25, 0.3) is 0 Å². The molecule has 0 aliphatic carbocycles. The molecule has 0 saturated carbocycles.